The maximum atomic E-state index is 14.4. The summed E-state index contributed by atoms with van der Waals surface area (Å²) in [6, 6.07) is 0.977. The van der Waals surface area contributed by atoms with Crippen LogP contribution in [0, 0.1) is 0 Å². The topological polar surface area (TPSA) is 87.5 Å². The van der Waals surface area contributed by atoms with Gasteiger partial charge in [0.15, 0.2) is 11.0 Å². The van der Waals surface area contributed by atoms with Gasteiger partial charge < -0.3 is 21.3 Å². The largest absolute Gasteiger partial charge is 0.382 e. The van der Waals surface area contributed by atoms with Crippen molar-refractivity contribution in [2.75, 3.05) is 49.9 Å². The molecule has 0 bridgehead atoms. The molecule has 3 heterocycles. The fourth-order valence-electron chi connectivity index (χ4n) is 5.38. The summed E-state index contributed by atoms with van der Waals surface area (Å²) in [5.41, 5.74) is 13.1. The van der Waals surface area contributed by atoms with E-state index >= 15 is 0 Å². The molecule has 0 aromatic carbocycles. The van der Waals surface area contributed by atoms with Crippen molar-refractivity contribution in [3.63, 3.8) is 0 Å². The first kappa shape index (κ1) is 29.8. The Bertz CT molecular complexity index is 989. The number of nitrogens with two attached hydrogens (primary N) is 2. The number of likely N-dealkylation sites (tertiary alicyclic amines) is 1. The van der Waals surface area contributed by atoms with Crippen LogP contribution in [0.4, 0.5) is 16.0 Å². The molecule has 2 aliphatic heterocycles. The Morgan fingerprint density at radius 2 is 1.84 bits per heavy atom. The Morgan fingerprint density at radius 1 is 1.11 bits per heavy atom. The van der Waals surface area contributed by atoms with Crippen molar-refractivity contribution in [1.29, 1.82) is 0 Å². The molecule has 4 rings (SSSR count). The van der Waals surface area contributed by atoms with Crippen molar-refractivity contribution in [2.45, 2.75) is 71.5 Å². The summed E-state index contributed by atoms with van der Waals surface area (Å²) >= 11 is 12.4. The van der Waals surface area contributed by atoms with Gasteiger partial charge >= 0.3 is 0 Å². The highest BCUT2D eigenvalue weighted by Gasteiger charge is 2.34. The van der Waals surface area contributed by atoms with Crippen LogP contribution < -0.4 is 16.4 Å². The zero-order valence-electron chi connectivity index (χ0n) is 22.4. The van der Waals surface area contributed by atoms with Crippen LogP contribution in [0.25, 0.3) is 0 Å². The zero-order valence-corrected chi connectivity index (χ0v) is 23.9. The fraction of sp³-hybridized carbons (Fsp3) is 0.630. The van der Waals surface area contributed by atoms with E-state index in [9.17, 15) is 4.39 Å². The summed E-state index contributed by atoms with van der Waals surface area (Å²) in [4.78, 5) is 16.2. The van der Waals surface area contributed by atoms with E-state index in [2.05, 4.69) is 31.6 Å². The summed E-state index contributed by atoms with van der Waals surface area (Å²) in [6.07, 6.45) is 9.82. The third-order valence-corrected chi connectivity index (χ3v) is 7.92. The van der Waals surface area contributed by atoms with Gasteiger partial charge in [0, 0.05) is 49.8 Å². The van der Waals surface area contributed by atoms with Crippen LogP contribution in [0.15, 0.2) is 34.7 Å². The first-order chi connectivity index (χ1) is 17.9. The molecule has 0 saturated carbocycles. The molecule has 2 fully saturated rings. The number of piperidine rings is 1. The maximum Gasteiger partial charge on any atom is 0.172 e. The van der Waals surface area contributed by atoms with Crippen LogP contribution >= 0.6 is 23.2 Å². The molecule has 0 radical (unpaired) electrons. The number of nitrogens with zero attached hydrogens (tertiary/aromatic N) is 5. The van der Waals surface area contributed by atoms with Crippen LogP contribution in [-0.2, 0) is 6.54 Å². The summed E-state index contributed by atoms with van der Waals surface area (Å²) in [7, 11) is 0. The highest BCUT2D eigenvalue weighted by atomic mass is 35.5. The summed E-state index contributed by atoms with van der Waals surface area (Å²) < 4.78 is 14.4. The monoisotopic (exact) mass is 553 g/mol. The van der Waals surface area contributed by atoms with Gasteiger partial charge in [0.05, 0.1) is 5.69 Å². The Hall–Kier alpha value is -1.71. The molecule has 37 heavy (non-hydrogen) atoms. The molecule has 0 amide bonds. The van der Waals surface area contributed by atoms with Crippen molar-refractivity contribution >= 4 is 34.8 Å². The van der Waals surface area contributed by atoms with Gasteiger partial charge in [-0.15, -0.1) is 0 Å². The van der Waals surface area contributed by atoms with Crippen molar-refractivity contribution < 1.29 is 4.39 Å². The lowest BCUT2D eigenvalue weighted by atomic mass is 9.97. The van der Waals surface area contributed by atoms with Gasteiger partial charge in [-0.3, -0.25) is 4.90 Å². The molecule has 4 N–H and O–H groups in total. The van der Waals surface area contributed by atoms with Crippen LogP contribution in [0.2, 0.25) is 5.15 Å². The SMILES string of the molecule is CC.CCC1CN(c2nc(N)c(CN)nc2Cl)CCN1C1CCN(CCC2=C(F)C=C(Cl)C=CC2)CC1. The van der Waals surface area contributed by atoms with Crippen molar-refractivity contribution in [1.82, 2.24) is 19.8 Å². The number of allylic oxidation sites excluding steroid dienone is 5. The van der Waals surface area contributed by atoms with E-state index in [4.69, 9.17) is 34.7 Å². The molecule has 7 nitrogen and oxygen atoms in total. The molecule has 206 valence electrons. The lowest BCUT2D eigenvalue weighted by Gasteiger charge is -2.47. The molecular weight excluding hydrogens is 512 g/mol. The molecular formula is C27H42Cl2FN7. The summed E-state index contributed by atoms with van der Waals surface area (Å²) in [5, 5.41) is 0.819. The van der Waals surface area contributed by atoms with E-state index in [-0.39, 0.29) is 12.4 Å². The molecule has 10 heteroatoms. The highest BCUT2D eigenvalue weighted by molar-refractivity contribution is 6.32. The number of aromatic nitrogens is 2. The molecule has 1 unspecified atom stereocenters. The number of hydrogen-bond donors (Lipinski definition) is 2. The first-order valence-corrected chi connectivity index (χ1v) is 14.3. The second-order valence-corrected chi connectivity index (χ2v) is 10.3. The fourth-order valence-corrected chi connectivity index (χ4v) is 5.83. The van der Waals surface area contributed by atoms with Crippen molar-refractivity contribution in [3.05, 3.63) is 45.5 Å². The summed E-state index contributed by atoms with van der Waals surface area (Å²) in [5.74, 6) is 0.826. The van der Waals surface area contributed by atoms with Gasteiger partial charge in [0.2, 0.25) is 0 Å². The molecule has 1 aromatic rings. The second kappa shape index (κ2) is 14.4. The van der Waals surface area contributed by atoms with Crippen LogP contribution in [-0.4, -0.2) is 71.1 Å². The maximum absolute atomic E-state index is 14.4. The number of hydrogen-bond acceptors (Lipinski definition) is 7. The van der Waals surface area contributed by atoms with E-state index in [1.54, 1.807) is 6.08 Å². The van der Waals surface area contributed by atoms with Crippen LogP contribution in [0.5, 0.6) is 0 Å². The zero-order chi connectivity index (χ0) is 26.9. The van der Waals surface area contributed by atoms with Gasteiger partial charge in [-0.25, -0.2) is 14.4 Å². The number of nitrogen functional groups attached to an aromatic ring is 1. The summed E-state index contributed by atoms with van der Waals surface area (Å²) in [6.45, 7) is 12.1. The van der Waals surface area contributed by atoms with E-state index in [0.717, 1.165) is 70.5 Å². The molecule has 1 aromatic heterocycles. The standard InChI is InChI=1S/C25H36Cl2FN7.C2H6/c1-2-19-16-34(25-23(27)31-22(15-29)24(30)32-25)12-13-35(19)20-7-10-33(11-8-20)9-6-17-4-3-5-18(26)14-21(17)28;1-2/h3,5,14,19-20H,2,4,6-13,15-16,29H2,1H3,(H2,30,32);1-2H3. The van der Waals surface area contributed by atoms with Crippen molar-refractivity contribution in [2.24, 2.45) is 5.73 Å². The second-order valence-electron chi connectivity index (χ2n) is 9.53. The smallest absolute Gasteiger partial charge is 0.172 e. The normalized spacial score (nSPS) is 22.0. The van der Waals surface area contributed by atoms with Gasteiger partial charge in [-0.05, 0) is 62.9 Å². The van der Waals surface area contributed by atoms with E-state index in [1.807, 2.05) is 19.9 Å². The molecule has 1 atom stereocenters. The predicted molar refractivity (Wildman–Crippen MR) is 154 cm³/mol. The Labute approximate surface area is 231 Å². The number of anilines is 2. The van der Waals surface area contributed by atoms with E-state index in [1.165, 1.54) is 6.08 Å². The number of halogens is 3. The van der Waals surface area contributed by atoms with Crippen LogP contribution in [0.1, 0.15) is 58.6 Å². The minimum atomic E-state index is -0.178. The minimum Gasteiger partial charge on any atom is -0.382 e. The first-order valence-electron chi connectivity index (χ1n) is 13.6. The Balaban J connectivity index is 0.00000186. The van der Waals surface area contributed by atoms with Crippen LogP contribution in [0.3, 0.4) is 0 Å². The average molecular weight is 555 g/mol. The molecule has 2 saturated heterocycles. The molecule has 0 spiro atoms. The Kier molecular flexibility index (Phi) is 11.7. The third kappa shape index (κ3) is 7.67. The van der Waals surface area contributed by atoms with Gasteiger partial charge in [-0.2, -0.15) is 0 Å². The van der Waals surface area contributed by atoms with Gasteiger partial charge in [0.25, 0.3) is 0 Å². The average Bonchev–Trinajstić information content (AvgIpc) is 3.08. The lowest BCUT2D eigenvalue weighted by molar-refractivity contribution is 0.0635. The molecule has 3 aliphatic rings. The number of rotatable bonds is 7. The quantitative estimate of drug-likeness (QED) is 0.476. The van der Waals surface area contributed by atoms with Gasteiger partial charge in [0.1, 0.15) is 11.6 Å². The third-order valence-electron chi connectivity index (χ3n) is 7.43. The number of piperazine rings is 1. The molecule has 1 aliphatic carbocycles. The van der Waals surface area contributed by atoms with Crippen molar-refractivity contribution in [3.8, 4) is 0 Å². The minimum absolute atomic E-state index is 0.178. The predicted octanol–water partition coefficient (Wildman–Crippen LogP) is 5.26. The highest BCUT2D eigenvalue weighted by Crippen LogP contribution is 2.30. The van der Waals surface area contributed by atoms with E-state index < -0.39 is 0 Å². The van der Waals surface area contributed by atoms with Gasteiger partial charge in [-0.1, -0.05) is 50.0 Å². The van der Waals surface area contributed by atoms with E-state index in [0.29, 0.717) is 46.0 Å². The lowest BCUT2D eigenvalue weighted by Crippen LogP contribution is -2.58. The Morgan fingerprint density at radius 3 is 2.51 bits per heavy atom.